The number of hydrogen-bond acceptors (Lipinski definition) is 2. The number of anilines is 1. The lowest BCUT2D eigenvalue weighted by Crippen LogP contribution is -2.16. The molecule has 1 N–H and O–H groups in total. The number of aryl methyl sites for hydroxylation is 2. The van der Waals surface area contributed by atoms with E-state index in [0.29, 0.717) is 5.25 Å². The van der Waals surface area contributed by atoms with E-state index in [-0.39, 0.29) is 0 Å². The van der Waals surface area contributed by atoms with Gasteiger partial charge in [0.05, 0.1) is 0 Å². The molecule has 3 rings (SSSR count). The molecule has 1 heterocycles. The fraction of sp³-hybridized carbons (Fsp3) is 0.294. The van der Waals surface area contributed by atoms with Crippen LogP contribution in [0.1, 0.15) is 16.7 Å². The van der Waals surface area contributed by atoms with Gasteiger partial charge in [-0.2, -0.15) is 0 Å². The molecule has 0 spiro atoms. The van der Waals surface area contributed by atoms with E-state index < -0.39 is 0 Å². The van der Waals surface area contributed by atoms with E-state index >= 15 is 0 Å². The summed E-state index contributed by atoms with van der Waals surface area (Å²) in [6.45, 7) is 5.34. The maximum Gasteiger partial charge on any atom is 0.0370 e. The van der Waals surface area contributed by atoms with Crippen LogP contribution >= 0.6 is 11.8 Å². The fourth-order valence-corrected chi connectivity index (χ4v) is 3.85. The molecule has 0 radical (unpaired) electrons. The first-order valence-corrected chi connectivity index (χ1v) is 7.66. The third-order valence-electron chi connectivity index (χ3n) is 3.62. The molecule has 1 aliphatic heterocycles. The van der Waals surface area contributed by atoms with Crippen LogP contribution in [0.3, 0.4) is 0 Å². The Balaban J connectivity index is 1.63. The van der Waals surface area contributed by atoms with E-state index in [2.05, 4.69) is 61.6 Å². The Labute approximate surface area is 119 Å². The lowest BCUT2D eigenvalue weighted by atomic mass is 10.1. The fourth-order valence-electron chi connectivity index (χ4n) is 2.60. The van der Waals surface area contributed by atoms with E-state index in [9.17, 15) is 0 Å². The molecule has 0 bridgehead atoms. The molecular formula is C17H19NS. The van der Waals surface area contributed by atoms with E-state index in [1.807, 2.05) is 11.8 Å². The SMILES string of the molecule is Cc1ccc(NCC2Cc3ccccc3S2)c(C)c1. The summed E-state index contributed by atoms with van der Waals surface area (Å²) in [6, 6.07) is 15.4. The molecule has 0 saturated carbocycles. The summed E-state index contributed by atoms with van der Waals surface area (Å²) in [7, 11) is 0. The molecule has 0 fully saturated rings. The van der Waals surface area contributed by atoms with Crippen LogP contribution in [0.25, 0.3) is 0 Å². The second-order valence-electron chi connectivity index (χ2n) is 5.25. The summed E-state index contributed by atoms with van der Waals surface area (Å²) >= 11 is 2.00. The van der Waals surface area contributed by atoms with Crippen LogP contribution < -0.4 is 5.32 Å². The third-order valence-corrected chi connectivity index (χ3v) is 4.93. The molecule has 0 amide bonds. The smallest absolute Gasteiger partial charge is 0.0370 e. The van der Waals surface area contributed by atoms with Crippen LogP contribution in [0, 0.1) is 13.8 Å². The minimum absolute atomic E-state index is 0.651. The molecule has 2 aromatic rings. The summed E-state index contributed by atoms with van der Waals surface area (Å²) in [5.41, 5.74) is 5.42. The van der Waals surface area contributed by atoms with Crippen LogP contribution in [0.15, 0.2) is 47.4 Å². The highest BCUT2D eigenvalue weighted by atomic mass is 32.2. The number of thioether (sulfide) groups is 1. The van der Waals surface area contributed by atoms with Gasteiger partial charge in [0.15, 0.2) is 0 Å². The maximum absolute atomic E-state index is 3.60. The van der Waals surface area contributed by atoms with Gasteiger partial charge >= 0.3 is 0 Å². The zero-order valence-electron chi connectivity index (χ0n) is 11.4. The molecule has 1 unspecified atom stereocenters. The normalized spacial score (nSPS) is 17.3. The zero-order chi connectivity index (χ0) is 13.2. The van der Waals surface area contributed by atoms with Crippen molar-refractivity contribution in [2.24, 2.45) is 0 Å². The molecule has 0 aromatic heterocycles. The van der Waals surface area contributed by atoms with Gasteiger partial charge in [-0.3, -0.25) is 0 Å². The Morgan fingerprint density at radius 3 is 2.79 bits per heavy atom. The van der Waals surface area contributed by atoms with Crippen molar-refractivity contribution < 1.29 is 0 Å². The minimum atomic E-state index is 0.651. The van der Waals surface area contributed by atoms with Gasteiger partial charge < -0.3 is 5.32 Å². The summed E-state index contributed by atoms with van der Waals surface area (Å²) < 4.78 is 0. The van der Waals surface area contributed by atoms with Crippen molar-refractivity contribution in [2.45, 2.75) is 30.4 Å². The van der Waals surface area contributed by atoms with Crippen LogP contribution in [0.2, 0.25) is 0 Å². The quantitative estimate of drug-likeness (QED) is 0.884. The van der Waals surface area contributed by atoms with Gasteiger partial charge in [-0.15, -0.1) is 11.8 Å². The lowest BCUT2D eigenvalue weighted by molar-refractivity contribution is 0.898. The lowest BCUT2D eigenvalue weighted by Gasteiger charge is -2.13. The molecule has 0 aliphatic carbocycles. The predicted molar refractivity (Wildman–Crippen MR) is 84.2 cm³/mol. The van der Waals surface area contributed by atoms with E-state index in [0.717, 1.165) is 6.54 Å². The van der Waals surface area contributed by atoms with Crippen LogP contribution in [-0.2, 0) is 6.42 Å². The zero-order valence-corrected chi connectivity index (χ0v) is 12.3. The Bertz CT molecular complexity index is 567. The van der Waals surface area contributed by atoms with Crippen molar-refractivity contribution in [1.29, 1.82) is 0 Å². The van der Waals surface area contributed by atoms with Crippen molar-refractivity contribution in [2.75, 3.05) is 11.9 Å². The number of rotatable bonds is 3. The van der Waals surface area contributed by atoms with Gasteiger partial charge in [0.2, 0.25) is 0 Å². The average molecular weight is 269 g/mol. The summed E-state index contributed by atoms with van der Waals surface area (Å²) in [5.74, 6) is 0. The molecule has 2 heteroatoms. The van der Waals surface area contributed by atoms with E-state index in [4.69, 9.17) is 0 Å². The molecular weight excluding hydrogens is 250 g/mol. The Hall–Kier alpha value is -1.41. The van der Waals surface area contributed by atoms with E-state index in [1.165, 1.54) is 33.7 Å². The highest BCUT2D eigenvalue weighted by Crippen LogP contribution is 2.36. The highest BCUT2D eigenvalue weighted by Gasteiger charge is 2.21. The Kier molecular flexibility index (Phi) is 3.52. The molecule has 19 heavy (non-hydrogen) atoms. The van der Waals surface area contributed by atoms with Gasteiger partial charge in [0.25, 0.3) is 0 Å². The molecule has 1 nitrogen and oxygen atoms in total. The standard InChI is InChI=1S/C17H19NS/c1-12-7-8-16(13(2)9-12)18-11-15-10-14-5-3-4-6-17(14)19-15/h3-9,15,18H,10-11H2,1-2H3. The summed E-state index contributed by atoms with van der Waals surface area (Å²) in [5, 5.41) is 4.25. The van der Waals surface area contributed by atoms with Crippen molar-refractivity contribution in [3.8, 4) is 0 Å². The van der Waals surface area contributed by atoms with Crippen molar-refractivity contribution >= 4 is 17.4 Å². The minimum Gasteiger partial charge on any atom is -0.384 e. The van der Waals surface area contributed by atoms with Crippen LogP contribution in [0.5, 0.6) is 0 Å². The van der Waals surface area contributed by atoms with Gasteiger partial charge in [-0.05, 0) is 43.5 Å². The molecule has 1 atom stereocenters. The predicted octanol–water partition coefficient (Wildman–Crippen LogP) is 4.43. The first-order chi connectivity index (χ1) is 9.22. The molecule has 0 saturated heterocycles. The van der Waals surface area contributed by atoms with Crippen molar-refractivity contribution in [3.63, 3.8) is 0 Å². The van der Waals surface area contributed by atoms with Crippen molar-refractivity contribution in [3.05, 3.63) is 59.2 Å². The van der Waals surface area contributed by atoms with Gasteiger partial charge in [-0.1, -0.05) is 35.9 Å². The molecule has 2 aromatic carbocycles. The second kappa shape index (κ2) is 5.30. The van der Waals surface area contributed by atoms with E-state index in [1.54, 1.807) is 0 Å². The topological polar surface area (TPSA) is 12.0 Å². The monoisotopic (exact) mass is 269 g/mol. The van der Waals surface area contributed by atoms with Gasteiger partial charge in [0.1, 0.15) is 0 Å². The van der Waals surface area contributed by atoms with Crippen LogP contribution in [-0.4, -0.2) is 11.8 Å². The summed E-state index contributed by atoms with van der Waals surface area (Å²) in [6.07, 6.45) is 1.18. The summed E-state index contributed by atoms with van der Waals surface area (Å²) in [4.78, 5) is 1.45. The molecule has 1 aliphatic rings. The van der Waals surface area contributed by atoms with Gasteiger partial charge in [-0.25, -0.2) is 0 Å². The maximum atomic E-state index is 3.60. The number of hydrogen-bond donors (Lipinski definition) is 1. The van der Waals surface area contributed by atoms with Crippen LogP contribution in [0.4, 0.5) is 5.69 Å². The average Bonchev–Trinajstić information content (AvgIpc) is 2.80. The highest BCUT2D eigenvalue weighted by molar-refractivity contribution is 8.00. The Morgan fingerprint density at radius 1 is 1.16 bits per heavy atom. The number of fused-ring (bicyclic) bond motifs is 1. The Morgan fingerprint density at radius 2 is 2.00 bits per heavy atom. The third kappa shape index (κ3) is 2.79. The first-order valence-electron chi connectivity index (χ1n) is 6.78. The first kappa shape index (κ1) is 12.6. The van der Waals surface area contributed by atoms with Crippen molar-refractivity contribution in [1.82, 2.24) is 0 Å². The largest absolute Gasteiger partial charge is 0.384 e. The van der Waals surface area contributed by atoms with Gasteiger partial charge in [0, 0.05) is 22.4 Å². The second-order valence-corrected chi connectivity index (χ2v) is 6.59. The number of benzene rings is 2. The number of nitrogens with one attached hydrogen (secondary N) is 1. The molecule has 98 valence electrons.